The number of likely N-dealkylation sites (tertiary alicyclic amines) is 1. The average Bonchev–Trinajstić information content (AvgIpc) is 3.08. The summed E-state index contributed by atoms with van der Waals surface area (Å²) in [5, 5.41) is 0.940. The summed E-state index contributed by atoms with van der Waals surface area (Å²) in [5.74, 6) is 0.702. The minimum absolute atomic E-state index is 0.0632. The number of carbonyl (C=O) groups is 1. The van der Waals surface area contributed by atoms with Crippen molar-refractivity contribution in [1.29, 1.82) is 0 Å². The fourth-order valence-corrected chi connectivity index (χ4v) is 3.29. The number of nitrogens with two attached hydrogens (primary N) is 1. The summed E-state index contributed by atoms with van der Waals surface area (Å²) in [5.41, 5.74) is 7.30. The quantitative estimate of drug-likeness (QED) is 0.941. The molecule has 1 saturated heterocycles. The number of para-hydroxylation sites is 1. The van der Waals surface area contributed by atoms with Crippen molar-refractivity contribution in [2.75, 3.05) is 20.2 Å². The van der Waals surface area contributed by atoms with E-state index in [4.69, 9.17) is 14.9 Å². The first kappa shape index (κ1) is 15.1. The fraction of sp³-hybridized carbons (Fsp3) is 0.471. The van der Waals surface area contributed by atoms with Crippen molar-refractivity contribution < 1.29 is 13.9 Å². The summed E-state index contributed by atoms with van der Waals surface area (Å²) in [6.07, 6.45) is 0.947. The van der Waals surface area contributed by atoms with Crippen LogP contribution in [0.2, 0.25) is 0 Å². The first-order valence-electron chi connectivity index (χ1n) is 7.66. The molecule has 2 N–H and O–H groups in total. The van der Waals surface area contributed by atoms with E-state index in [1.807, 2.05) is 29.2 Å². The van der Waals surface area contributed by atoms with Crippen molar-refractivity contribution in [2.24, 2.45) is 11.7 Å². The average molecular weight is 302 g/mol. The number of fused-ring (bicyclic) bond motifs is 1. The van der Waals surface area contributed by atoms with Gasteiger partial charge >= 0.3 is 0 Å². The number of carbonyl (C=O) groups excluding carboxylic acids is 1. The van der Waals surface area contributed by atoms with E-state index in [0.29, 0.717) is 31.4 Å². The number of furan rings is 1. The van der Waals surface area contributed by atoms with Crippen LogP contribution in [-0.4, -0.2) is 37.0 Å². The van der Waals surface area contributed by atoms with Gasteiger partial charge in [-0.05, 0) is 31.9 Å². The maximum Gasteiger partial charge on any atom is 0.290 e. The van der Waals surface area contributed by atoms with Crippen LogP contribution in [0.4, 0.5) is 0 Å². The molecule has 1 aliphatic heterocycles. The minimum Gasteiger partial charge on any atom is -0.451 e. The van der Waals surface area contributed by atoms with E-state index in [0.717, 1.165) is 23.0 Å². The minimum atomic E-state index is -0.0632. The number of benzene rings is 1. The summed E-state index contributed by atoms with van der Waals surface area (Å²) in [4.78, 5) is 14.8. The molecule has 22 heavy (non-hydrogen) atoms. The van der Waals surface area contributed by atoms with Gasteiger partial charge in [-0.3, -0.25) is 4.79 Å². The molecule has 2 atom stereocenters. The summed E-state index contributed by atoms with van der Waals surface area (Å²) >= 11 is 0. The second-order valence-corrected chi connectivity index (χ2v) is 5.98. The molecule has 1 amide bonds. The molecule has 1 aromatic carbocycles. The number of hydrogen-bond acceptors (Lipinski definition) is 4. The van der Waals surface area contributed by atoms with Gasteiger partial charge in [0.15, 0.2) is 5.76 Å². The highest BCUT2D eigenvalue weighted by Crippen LogP contribution is 2.30. The van der Waals surface area contributed by atoms with Gasteiger partial charge in [0.05, 0.1) is 6.61 Å². The molecule has 2 aromatic rings. The van der Waals surface area contributed by atoms with Crippen LogP contribution in [0.1, 0.15) is 29.5 Å². The molecule has 0 spiro atoms. The largest absolute Gasteiger partial charge is 0.451 e. The van der Waals surface area contributed by atoms with Gasteiger partial charge in [-0.15, -0.1) is 0 Å². The van der Waals surface area contributed by atoms with Gasteiger partial charge in [0.2, 0.25) is 0 Å². The summed E-state index contributed by atoms with van der Waals surface area (Å²) < 4.78 is 11.1. The Labute approximate surface area is 130 Å². The predicted octanol–water partition coefficient (Wildman–Crippen LogP) is 2.39. The van der Waals surface area contributed by atoms with Gasteiger partial charge in [0.25, 0.3) is 5.91 Å². The van der Waals surface area contributed by atoms with Crippen LogP contribution >= 0.6 is 0 Å². The second kappa shape index (κ2) is 6.10. The molecule has 0 aliphatic carbocycles. The molecule has 2 unspecified atom stereocenters. The third kappa shape index (κ3) is 2.51. The molecule has 118 valence electrons. The number of nitrogens with zero attached hydrogens (tertiary/aromatic N) is 1. The van der Waals surface area contributed by atoms with Crippen LogP contribution in [-0.2, 0) is 11.3 Å². The zero-order valence-electron chi connectivity index (χ0n) is 13.0. The van der Waals surface area contributed by atoms with E-state index >= 15 is 0 Å². The van der Waals surface area contributed by atoms with E-state index in [-0.39, 0.29) is 11.9 Å². The molecule has 5 heteroatoms. The Morgan fingerprint density at radius 2 is 2.23 bits per heavy atom. The molecule has 1 aromatic heterocycles. The Morgan fingerprint density at radius 3 is 2.91 bits per heavy atom. The van der Waals surface area contributed by atoms with E-state index in [9.17, 15) is 4.79 Å². The zero-order valence-corrected chi connectivity index (χ0v) is 13.0. The Hall–Kier alpha value is -1.85. The SMILES string of the molecule is COCc1c(C(=O)N2CC(CN)CC2C)oc2ccccc12. The smallest absolute Gasteiger partial charge is 0.290 e. The fourth-order valence-electron chi connectivity index (χ4n) is 3.29. The molecular formula is C17H22N2O3. The Balaban J connectivity index is 1.98. The summed E-state index contributed by atoms with van der Waals surface area (Å²) in [6, 6.07) is 7.86. The van der Waals surface area contributed by atoms with E-state index < -0.39 is 0 Å². The number of amides is 1. The normalized spacial score (nSPS) is 21.7. The van der Waals surface area contributed by atoms with Crippen molar-refractivity contribution >= 4 is 16.9 Å². The van der Waals surface area contributed by atoms with Gasteiger partial charge in [0, 0.05) is 30.6 Å². The van der Waals surface area contributed by atoms with Gasteiger partial charge in [-0.2, -0.15) is 0 Å². The van der Waals surface area contributed by atoms with Crippen LogP contribution < -0.4 is 5.73 Å². The second-order valence-electron chi connectivity index (χ2n) is 5.98. The van der Waals surface area contributed by atoms with Crippen LogP contribution in [0.15, 0.2) is 28.7 Å². The maximum atomic E-state index is 12.9. The van der Waals surface area contributed by atoms with E-state index in [2.05, 4.69) is 6.92 Å². The Morgan fingerprint density at radius 1 is 1.45 bits per heavy atom. The van der Waals surface area contributed by atoms with Crippen molar-refractivity contribution in [3.63, 3.8) is 0 Å². The number of ether oxygens (including phenoxy) is 1. The lowest BCUT2D eigenvalue weighted by atomic mass is 10.1. The van der Waals surface area contributed by atoms with Crippen molar-refractivity contribution in [3.8, 4) is 0 Å². The molecule has 0 saturated carbocycles. The lowest BCUT2D eigenvalue weighted by Crippen LogP contribution is -2.34. The number of rotatable bonds is 4. The Kier molecular flexibility index (Phi) is 4.18. The van der Waals surface area contributed by atoms with Crippen molar-refractivity contribution in [1.82, 2.24) is 4.90 Å². The van der Waals surface area contributed by atoms with Gasteiger partial charge < -0.3 is 19.8 Å². The van der Waals surface area contributed by atoms with Gasteiger partial charge in [-0.1, -0.05) is 18.2 Å². The van der Waals surface area contributed by atoms with Gasteiger partial charge in [-0.25, -0.2) is 0 Å². The first-order valence-corrected chi connectivity index (χ1v) is 7.66. The van der Waals surface area contributed by atoms with Crippen molar-refractivity contribution in [3.05, 3.63) is 35.6 Å². The third-order valence-corrected chi connectivity index (χ3v) is 4.44. The van der Waals surface area contributed by atoms with Crippen LogP contribution in [0.3, 0.4) is 0 Å². The highest BCUT2D eigenvalue weighted by atomic mass is 16.5. The van der Waals surface area contributed by atoms with Crippen LogP contribution in [0.25, 0.3) is 11.0 Å². The lowest BCUT2D eigenvalue weighted by molar-refractivity contribution is 0.0707. The van der Waals surface area contributed by atoms with Crippen LogP contribution in [0.5, 0.6) is 0 Å². The van der Waals surface area contributed by atoms with Crippen molar-refractivity contribution in [2.45, 2.75) is 26.0 Å². The monoisotopic (exact) mass is 302 g/mol. The number of hydrogen-bond donors (Lipinski definition) is 1. The summed E-state index contributed by atoms with van der Waals surface area (Å²) in [6.45, 7) is 3.73. The maximum absolute atomic E-state index is 12.9. The van der Waals surface area contributed by atoms with Gasteiger partial charge in [0.1, 0.15) is 5.58 Å². The summed E-state index contributed by atoms with van der Waals surface area (Å²) in [7, 11) is 1.62. The standard InChI is InChI=1S/C17H22N2O3/c1-11-7-12(8-18)9-19(11)17(20)16-14(10-21-2)13-5-3-4-6-15(13)22-16/h3-6,11-12H,7-10,18H2,1-2H3. The van der Waals surface area contributed by atoms with E-state index in [1.165, 1.54) is 0 Å². The highest BCUT2D eigenvalue weighted by Gasteiger charge is 2.35. The third-order valence-electron chi connectivity index (χ3n) is 4.44. The Bertz CT molecular complexity index is 680. The molecule has 1 fully saturated rings. The lowest BCUT2D eigenvalue weighted by Gasteiger charge is -2.20. The molecule has 3 rings (SSSR count). The molecule has 2 heterocycles. The topological polar surface area (TPSA) is 68.7 Å². The predicted molar refractivity (Wildman–Crippen MR) is 84.6 cm³/mol. The molecular weight excluding hydrogens is 280 g/mol. The molecule has 5 nitrogen and oxygen atoms in total. The molecule has 0 radical (unpaired) electrons. The van der Waals surface area contributed by atoms with Crippen LogP contribution in [0, 0.1) is 5.92 Å². The molecule has 0 bridgehead atoms. The molecule has 1 aliphatic rings. The zero-order chi connectivity index (χ0) is 15.7. The highest BCUT2D eigenvalue weighted by molar-refractivity contribution is 5.99. The number of methoxy groups -OCH3 is 1. The van der Waals surface area contributed by atoms with E-state index in [1.54, 1.807) is 7.11 Å². The first-order chi connectivity index (χ1) is 10.7.